The summed E-state index contributed by atoms with van der Waals surface area (Å²) < 4.78 is 7.09. The first-order chi connectivity index (χ1) is 14.6. The monoisotopic (exact) mass is 402 g/mol. The summed E-state index contributed by atoms with van der Waals surface area (Å²) in [4.78, 5) is 17.6. The van der Waals surface area contributed by atoms with Crippen molar-refractivity contribution < 1.29 is 9.53 Å². The summed E-state index contributed by atoms with van der Waals surface area (Å²) >= 11 is 0. The van der Waals surface area contributed by atoms with Gasteiger partial charge in [0.05, 0.1) is 24.4 Å². The van der Waals surface area contributed by atoms with E-state index in [1.54, 1.807) is 7.11 Å². The summed E-state index contributed by atoms with van der Waals surface area (Å²) in [6.07, 6.45) is 2.34. The van der Waals surface area contributed by atoms with Gasteiger partial charge < -0.3 is 10.1 Å². The molecule has 4 rings (SSSR count). The number of ether oxygens (including phenoxy) is 1. The van der Waals surface area contributed by atoms with Gasteiger partial charge in [-0.25, -0.2) is 9.67 Å². The van der Waals surface area contributed by atoms with Gasteiger partial charge in [-0.3, -0.25) is 4.79 Å². The van der Waals surface area contributed by atoms with Gasteiger partial charge in [0.25, 0.3) is 0 Å². The molecule has 154 valence electrons. The van der Waals surface area contributed by atoms with E-state index in [1.165, 1.54) is 0 Å². The number of carbonyl (C=O) groups is 1. The van der Waals surface area contributed by atoms with E-state index in [0.717, 1.165) is 58.2 Å². The lowest BCUT2D eigenvalue weighted by Gasteiger charge is -2.05. The van der Waals surface area contributed by atoms with Crippen LogP contribution in [0.5, 0.6) is 5.75 Å². The Labute approximate surface area is 175 Å². The second-order valence-corrected chi connectivity index (χ2v) is 7.50. The number of unbranched alkanes of at least 4 members (excludes halogenated alkanes) is 1. The van der Waals surface area contributed by atoms with E-state index < -0.39 is 0 Å². The molecule has 1 N–H and O–H groups in total. The lowest BCUT2D eigenvalue weighted by atomic mass is 10.1. The van der Waals surface area contributed by atoms with Crippen LogP contribution in [-0.2, 0) is 17.8 Å². The predicted octanol–water partition coefficient (Wildman–Crippen LogP) is 4.88. The van der Waals surface area contributed by atoms with Crippen molar-refractivity contribution in [3.8, 4) is 5.75 Å². The van der Waals surface area contributed by atoms with Crippen LogP contribution in [0.1, 0.15) is 30.9 Å². The zero-order chi connectivity index (χ0) is 21.1. The van der Waals surface area contributed by atoms with Gasteiger partial charge in [0.2, 0.25) is 5.91 Å². The van der Waals surface area contributed by atoms with Gasteiger partial charge in [-0.2, -0.15) is 5.10 Å². The van der Waals surface area contributed by atoms with Gasteiger partial charge in [-0.1, -0.05) is 43.7 Å². The maximum atomic E-state index is 12.7. The number of benzene rings is 2. The van der Waals surface area contributed by atoms with Crippen LogP contribution in [0.3, 0.4) is 0 Å². The number of para-hydroxylation sites is 1. The van der Waals surface area contributed by atoms with E-state index in [0.29, 0.717) is 5.82 Å². The molecule has 2 aromatic carbocycles. The van der Waals surface area contributed by atoms with Crippen molar-refractivity contribution in [1.82, 2.24) is 14.8 Å². The molecule has 0 fully saturated rings. The average Bonchev–Trinajstić information content (AvgIpc) is 3.08. The average molecular weight is 402 g/mol. The van der Waals surface area contributed by atoms with Crippen molar-refractivity contribution in [2.24, 2.45) is 0 Å². The number of nitrogens with zero attached hydrogens (tertiary/aromatic N) is 3. The number of fused-ring (bicyclic) bond motifs is 2. The van der Waals surface area contributed by atoms with Crippen molar-refractivity contribution >= 4 is 33.7 Å². The first-order valence-electron chi connectivity index (χ1n) is 10.3. The summed E-state index contributed by atoms with van der Waals surface area (Å²) in [5.41, 5.74) is 3.83. The fourth-order valence-electron chi connectivity index (χ4n) is 3.59. The zero-order valence-electron chi connectivity index (χ0n) is 17.6. The number of carbonyl (C=O) groups excluding carboxylic acids is 1. The molecule has 0 spiro atoms. The molecule has 0 bridgehead atoms. The molecule has 0 saturated heterocycles. The smallest absolute Gasteiger partial charge is 0.230 e. The summed E-state index contributed by atoms with van der Waals surface area (Å²) in [7, 11) is 1.63. The number of aryl methyl sites for hydroxylation is 2. The molecular formula is C24H26N4O2. The van der Waals surface area contributed by atoms with Crippen LogP contribution in [0.2, 0.25) is 0 Å². The van der Waals surface area contributed by atoms with Crippen LogP contribution >= 0.6 is 0 Å². The Balaban J connectivity index is 1.67. The molecule has 0 aliphatic rings. The predicted molar refractivity (Wildman–Crippen MR) is 120 cm³/mol. The Bertz CT molecular complexity index is 1200. The third-order valence-corrected chi connectivity index (χ3v) is 5.25. The van der Waals surface area contributed by atoms with Crippen molar-refractivity contribution in [3.63, 3.8) is 0 Å². The highest BCUT2D eigenvalue weighted by molar-refractivity contribution is 6.03. The first kappa shape index (κ1) is 19.9. The first-order valence-corrected chi connectivity index (χ1v) is 10.3. The minimum Gasteiger partial charge on any atom is -0.497 e. The summed E-state index contributed by atoms with van der Waals surface area (Å²) in [6.45, 7) is 4.98. The summed E-state index contributed by atoms with van der Waals surface area (Å²) in [6, 6.07) is 15.7. The maximum absolute atomic E-state index is 12.7. The number of methoxy groups -OCH3 is 1. The lowest BCUT2D eigenvalue weighted by molar-refractivity contribution is -0.115. The Morgan fingerprint density at radius 2 is 1.97 bits per heavy atom. The number of nitrogens with one attached hydrogen (secondary N) is 1. The minimum absolute atomic E-state index is 0.105. The Morgan fingerprint density at radius 1 is 1.17 bits per heavy atom. The highest BCUT2D eigenvalue weighted by atomic mass is 16.5. The maximum Gasteiger partial charge on any atom is 0.230 e. The quantitative estimate of drug-likeness (QED) is 0.478. The van der Waals surface area contributed by atoms with Gasteiger partial charge >= 0.3 is 0 Å². The number of anilines is 1. The molecule has 0 aliphatic heterocycles. The second-order valence-electron chi connectivity index (χ2n) is 7.50. The SMILES string of the molecule is CCCCn1nc(NC(=O)Cc2ccc(OC)cc2)c2cc3cccc(C)c3nc21. The highest BCUT2D eigenvalue weighted by Gasteiger charge is 2.16. The number of aromatic nitrogens is 3. The van der Waals surface area contributed by atoms with Crippen LogP contribution in [0.4, 0.5) is 5.82 Å². The highest BCUT2D eigenvalue weighted by Crippen LogP contribution is 2.28. The normalized spacial score (nSPS) is 11.2. The molecule has 4 aromatic rings. The van der Waals surface area contributed by atoms with E-state index in [4.69, 9.17) is 14.8 Å². The van der Waals surface area contributed by atoms with Crippen LogP contribution in [0.25, 0.3) is 21.9 Å². The van der Waals surface area contributed by atoms with E-state index >= 15 is 0 Å². The van der Waals surface area contributed by atoms with Crippen molar-refractivity contribution in [3.05, 3.63) is 59.7 Å². The number of pyridine rings is 1. The van der Waals surface area contributed by atoms with Crippen LogP contribution in [0, 0.1) is 6.92 Å². The van der Waals surface area contributed by atoms with Crippen LogP contribution in [-0.4, -0.2) is 27.8 Å². The van der Waals surface area contributed by atoms with Gasteiger partial charge in [0.1, 0.15) is 5.75 Å². The molecule has 0 atom stereocenters. The van der Waals surface area contributed by atoms with E-state index in [-0.39, 0.29) is 12.3 Å². The van der Waals surface area contributed by atoms with Crippen molar-refractivity contribution in [2.75, 3.05) is 12.4 Å². The molecule has 30 heavy (non-hydrogen) atoms. The Morgan fingerprint density at radius 3 is 2.70 bits per heavy atom. The van der Waals surface area contributed by atoms with Gasteiger partial charge in [0.15, 0.2) is 11.5 Å². The molecule has 0 saturated carbocycles. The van der Waals surface area contributed by atoms with Crippen LogP contribution in [0.15, 0.2) is 48.5 Å². The van der Waals surface area contributed by atoms with Crippen molar-refractivity contribution in [1.29, 1.82) is 0 Å². The lowest BCUT2D eigenvalue weighted by Crippen LogP contribution is -2.15. The fraction of sp³-hybridized carbons (Fsp3) is 0.292. The number of rotatable bonds is 7. The third-order valence-electron chi connectivity index (χ3n) is 5.25. The summed E-state index contributed by atoms with van der Waals surface area (Å²) in [5.74, 6) is 1.23. The Kier molecular flexibility index (Phi) is 5.65. The number of hydrogen-bond donors (Lipinski definition) is 1. The molecular weight excluding hydrogens is 376 g/mol. The van der Waals surface area contributed by atoms with Crippen molar-refractivity contribution in [2.45, 2.75) is 39.7 Å². The van der Waals surface area contributed by atoms with Crippen LogP contribution < -0.4 is 10.1 Å². The van der Waals surface area contributed by atoms with E-state index in [1.807, 2.05) is 41.1 Å². The molecule has 2 aromatic heterocycles. The fourth-order valence-corrected chi connectivity index (χ4v) is 3.59. The third kappa shape index (κ3) is 3.99. The Hall–Kier alpha value is -3.41. The molecule has 6 heteroatoms. The topological polar surface area (TPSA) is 69.0 Å². The molecule has 2 heterocycles. The molecule has 6 nitrogen and oxygen atoms in total. The van der Waals surface area contributed by atoms with Gasteiger partial charge in [0, 0.05) is 11.9 Å². The van der Waals surface area contributed by atoms with Gasteiger partial charge in [-0.05, 0) is 42.7 Å². The molecule has 1 amide bonds. The van der Waals surface area contributed by atoms with Gasteiger partial charge in [-0.15, -0.1) is 0 Å². The molecule has 0 aliphatic carbocycles. The number of amides is 1. The standard InChI is InChI=1S/C24H26N4O2/c1-4-5-13-28-24-20(15-18-8-6-7-16(2)22(18)26-24)23(27-28)25-21(29)14-17-9-11-19(30-3)12-10-17/h6-12,15H,4-5,13-14H2,1-3H3,(H,25,27,29). The molecule has 0 unspecified atom stereocenters. The van der Waals surface area contributed by atoms with E-state index in [2.05, 4.69) is 31.3 Å². The number of hydrogen-bond acceptors (Lipinski definition) is 4. The minimum atomic E-state index is -0.105. The zero-order valence-corrected chi connectivity index (χ0v) is 17.6. The second kappa shape index (κ2) is 8.53. The van der Waals surface area contributed by atoms with E-state index in [9.17, 15) is 4.79 Å². The molecule has 0 radical (unpaired) electrons. The largest absolute Gasteiger partial charge is 0.497 e. The summed E-state index contributed by atoms with van der Waals surface area (Å²) in [5, 5.41) is 9.60.